The average molecular weight is 747 g/mol. The predicted octanol–water partition coefficient (Wildman–Crippen LogP) is 13.9. The maximum atomic E-state index is 6.61. The van der Waals surface area contributed by atoms with Crippen molar-refractivity contribution in [1.29, 1.82) is 0 Å². The van der Waals surface area contributed by atoms with E-state index in [-0.39, 0.29) is 0 Å². The van der Waals surface area contributed by atoms with Crippen LogP contribution < -0.4 is 0 Å². The highest BCUT2D eigenvalue weighted by atomic mass is 32.1. The van der Waals surface area contributed by atoms with Crippen LogP contribution in [0.1, 0.15) is 0 Å². The topological polar surface area (TPSA) is 56.7 Å². The second-order valence-corrected chi connectivity index (χ2v) is 15.5. The van der Waals surface area contributed by atoms with E-state index < -0.39 is 0 Å². The molecule has 8 aromatic carbocycles. The minimum Gasteiger partial charge on any atom is -0.456 e. The largest absolute Gasteiger partial charge is 0.456 e. The van der Waals surface area contributed by atoms with Crippen molar-refractivity contribution in [2.45, 2.75) is 0 Å². The minimum absolute atomic E-state index is 0.655. The molecule has 0 N–H and O–H groups in total. The number of hydrogen-bond donors (Lipinski definition) is 0. The van der Waals surface area contributed by atoms with Gasteiger partial charge in [0, 0.05) is 70.2 Å². The van der Waals surface area contributed by atoms with Gasteiger partial charge in [0.05, 0.1) is 11.0 Å². The quantitative estimate of drug-likeness (QED) is 0.176. The minimum atomic E-state index is 0.655. The Hall–Kier alpha value is -7.41. The molecule has 0 aliphatic rings. The highest BCUT2D eigenvalue weighted by Gasteiger charge is 2.18. The Kier molecular flexibility index (Phi) is 7.03. The molecule has 6 heteroatoms. The number of thiophene rings is 1. The fourth-order valence-electron chi connectivity index (χ4n) is 8.42. The Morgan fingerprint density at radius 1 is 0.386 bits per heavy atom. The molecular weight excluding hydrogens is 717 g/mol. The Morgan fingerprint density at radius 3 is 1.58 bits per heavy atom. The third-order valence-corrected chi connectivity index (χ3v) is 12.2. The molecule has 0 atom stereocenters. The van der Waals surface area contributed by atoms with Crippen molar-refractivity contribution < 1.29 is 4.42 Å². The summed E-state index contributed by atoms with van der Waals surface area (Å²) in [5, 5.41) is 7.17. The lowest BCUT2D eigenvalue weighted by molar-refractivity contribution is 0.668. The van der Waals surface area contributed by atoms with Crippen molar-refractivity contribution in [3.8, 4) is 51.0 Å². The SMILES string of the molecule is c1ccc(-c2nc(-c3ccccc3)nc(-c3ccc4c(c3)sc3cc(-c5cccc6oc7cc(-n8c9ccccc9c9ccccc98)ccc7c56)ccc34)n2)cc1. The molecule has 0 aliphatic heterocycles. The van der Waals surface area contributed by atoms with E-state index in [1.165, 1.54) is 42.0 Å². The van der Waals surface area contributed by atoms with Crippen LogP contribution in [0.4, 0.5) is 0 Å². The third kappa shape index (κ3) is 5.12. The molecule has 0 fully saturated rings. The van der Waals surface area contributed by atoms with E-state index in [2.05, 4.69) is 126 Å². The number of rotatable bonds is 5. The summed E-state index contributed by atoms with van der Waals surface area (Å²) in [7, 11) is 0. The van der Waals surface area contributed by atoms with Crippen LogP contribution in [-0.4, -0.2) is 19.5 Å². The molecule has 0 saturated heterocycles. The van der Waals surface area contributed by atoms with E-state index in [0.29, 0.717) is 17.5 Å². The first-order valence-electron chi connectivity index (χ1n) is 19.0. The van der Waals surface area contributed by atoms with Crippen molar-refractivity contribution in [1.82, 2.24) is 19.5 Å². The summed E-state index contributed by atoms with van der Waals surface area (Å²) in [5.74, 6) is 1.97. The molecule has 0 bridgehead atoms. The molecule has 266 valence electrons. The number of hydrogen-bond acceptors (Lipinski definition) is 5. The number of nitrogens with zero attached hydrogens (tertiary/aromatic N) is 4. The van der Waals surface area contributed by atoms with E-state index in [1.54, 1.807) is 11.3 Å². The van der Waals surface area contributed by atoms with Crippen LogP contribution in [0.3, 0.4) is 0 Å². The van der Waals surface area contributed by atoms with Gasteiger partial charge < -0.3 is 8.98 Å². The zero-order chi connectivity index (χ0) is 37.5. The maximum absolute atomic E-state index is 6.61. The summed E-state index contributed by atoms with van der Waals surface area (Å²) in [5.41, 5.74) is 10.4. The smallest absolute Gasteiger partial charge is 0.164 e. The molecule has 12 rings (SSSR count). The zero-order valence-corrected chi connectivity index (χ0v) is 31.2. The van der Waals surface area contributed by atoms with Gasteiger partial charge in [0.2, 0.25) is 0 Å². The van der Waals surface area contributed by atoms with Crippen LogP contribution >= 0.6 is 11.3 Å². The Morgan fingerprint density at radius 2 is 0.930 bits per heavy atom. The van der Waals surface area contributed by atoms with Gasteiger partial charge in [-0.2, -0.15) is 0 Å². The summed E-state index contributed by atoms with van der Waals surface area (Å²) >= 11 is 1.80. The Bertz CT molecular complexity index is 3420. The molecule has 0 radical (unpaired) electrons. The van der Waals surface area contributed by atoms with Crippen LogP contribution in [0.2, 0.25) is 0 Å². The lowest BCUT2D eigenvalue weighted by Crippen LogP contribution is -1.99. The van der Waals surface area contributed by atoms with Crippen molar-refractivity contribution in [2.75, 3.05) is 0 Å². The summed E-state index contributed by atoms with van der Waals surface area (Å²) < 4.78 is 11.4. The summed E-state index contributed by atoms with van der Waals surface area (Å²) in [6.07, 6.45) is 0. The van der Waals surface area contributed by atoms with Gasteiger partial charge in [0.1, 0.15) is 11.2 Å². The van der Waals surface area contributed by atoms with Gasteiger partial charge in [-0.15, -0.1) is 11.3 Å². The van der Waals surface area contributed by atoms with Crippen molar-refractivity contribution in [3.05, 3.63) is 182 Å². The second kappa shape index (κ2) is 12.6. The van der Waals surface area contributed by atoms with E-state index >= 15 is 0 Å². The van der Waals surface area contributed by atoms with Crippen LogP contribution in [0.25, 0.3) is 115 Å². The van der Waals surface area contributed by atoms with Crippen molar-refractivity contribution in [3.63, 3.8) is 0 Å². The molecule has 57 heavy (non-hydrogen) atoms. The number of benzene rings is 8. The summed E-state index contributed by atoms with van der Waals surface area (Å²) in [4.78, 5) is 14.8. The summed E-state index contributed by atoms with van der Waals surface area (Å²) in [6.45, 7) is 0. The lowest BCUT2D eigenvalue weighted by atomic mass is 9.98. The van der Waals surface area contributed by atoms with E-state index in [4.69, 9.17) is 19.4 Å². The highest BCUT2D eigenvalue weighted by Crippen LogP contribution is 2.42. The number of fused-ring (bicyclic) bond motifs is 9. The molecule has 12 aromatic rings. The second-order valence-electron chi connectivity index (χ2n) is 14.4. The maximum Gasteiger partial charge on any atom is 0.164 e. The predicted molar refractivity (Wildman–Crippen MR) is 236 cm³/mol. The molecule has 4 heterocycles. The van der Waals surface area contributed by atoms with Gasteiger partial charge in [-0.25, -0.2) is 15.0 Å². The normalized spacial score (nSPS) is 11.9. The number of para-hydroxylation sites is 2. The Labute approximate surface area is 330 Å². The number of aromatic nitrogens is 4. The molecular formula is C51H30N4OS. The molecule has 0 spiro atoms. The molecule has 0 amide bonds. The van der Waals surface area contributed by atoms with Crippen molar-refractivity contribution >= 4 is 75.3 Å². The standard InChI is InChI=1S/C51H30N4OS/c1-3-12-31(13-4-1)49-52-50(32-14-5-2-6-15-32)54-51(53-49)34-23-26-40-39-25-22-33(28-46(39)57-47(40)29-34)36-18-11-21-44-48(36)41-27-24-35(30-45(41)56-44)55-42-19-9-7-16-37(42)38-17-8-10-20-43(38)55/h1-30H. The van der Waals surface area contributed by atoms with Crippen LogP contribution in [0.5, 0.6) is 0 Å². The van der Waals surface area contributed by atoms with Crippen LogP contribution in [-0.2, 0) is 0 Å². The van der Waals surface area contributed by atoms with E-state index in [9.17, 15) is 0 Å². The van der Waals surface area contributed by atoms with E-state index in [1.807, 2.05) is 60.7 Å². The van der Waals surface area contributed by atoms with Gasteiger partial charge in [0.25, 0.3) is 0 Å². The van der Waals surface area contributed by atoms with Gasteiger partial charge in [-0.3, -0.25) is 0 Å². The zero-order valence-electron chi connectivity index (χ0n) is 30.4. The van der Waals surface area contributed by atoms with Gasteiger partial charge in [0.15, 0.2) is 17.5 Å². The molecule has 5 nitrogen and oxygen atoms in total. The Balaban J connectivity index is 0.958. The van der Waals surface area contributed by atoms with Crippen molar-refractivity contribution in [2.24, 2.45) is 0 Å². The first-order chi connectivity index (χ1) is 28.2. The van der Waals surface area contributed by atoms with Gasteiger partial charge in [-0.1, -0.05) is 133 Å². The molecule has 0 unspecified atom stereocenters. The van der Waals surface area contributed by atoms with Gasteiger partial charge >= 0.3 is 0 Å². The highest BCUT2D eigenvalue weighted by molar-refractivity contribution is 7.25. The lowest BCUT2D eigenvalue weighted by Gasteiger charge is -2.08. The monoisotopic (exact) mass is 746 g/mol. The first-order valence-corrected chi connectivity index (χ1v) is 19.8. The fraction of sp³-hybridized carbons (Fsp3) is 0. The van der Waals surface area contributed by atoms with E-state index in [0.717, 1.165) is 55.4 Å². The fourth-order valence-corrected chi connectivity index (χ4v) is 9.60. The van der Waals surface area contributed by atoms with Crippen LogP contribution in [0.15, 0.2) is 186 Å². The molecule has 0 aliphatic carbocycles. The average Bonchev–Trinajstić information content (AvgIpc) is 3.95. The molecule has 0 saturated carbocycles. The third-order valence-electron chi connectivity index (χ3n) is 11.1. The number of furan rings is 1. The summed E-state index contributed by atoms with van der Waals surface area (Å²) in [6, 6.07) is 63.8. The molecule has 4 aromatic heterocycles. The van der Waals surface area contributed by atoms with Crippen LogP contribution in [0, 0.1) is 0 Å². The first kappa shape index (κ1) is 31.9. The van der Waals surface area contributed by atoms with Gasteiger partial charge in [-0.05, 0) is 53.6 Å².